The zero-order valence-electron chi connectivity index (χ0n) is 11.9. The quantitative estimate of drug-likeness (QED) is 0.555. The molecule has 0 saturated heterocycles. The van der Waals surface area contributed by atoms with E-state index in [-0.39, 0.29) is 29.5 Å². The van der Waals surface area contributed by atoms with Crippen LogP contribution in [0.3, 0.4) is 0 Å². The fourth-order valence-electron chi connectivity index (χ4n) is 2.01. The van der Waals surface area contributed by atoms with Gasteiger partial charge in [0.25, 0.3) is 5.69 Å². The van der Waals surface area contributed by atoms with Crippen molar-refractivity contribution in [1.82, 2.24) is 5.32 Å². The van der Waals surface area contributed by atoms with Crippen molar-refractivity contribution in [3.05, 3.63) is 68.5 Å². The number of non-ortho nitro benzene ring substituents is 1. The van der Waals surface area contributed by atoms with Crippen molar-refractivity contribution in [3.8, 4) is 5.75 Å². The first-order chi connectivity index (χ1) is 10.9. The molecule has 0 aliphatic heterocycles. The molecule has 0 radical (unpaired) electrons. The van der Waals surface area contributed by atoms with E-state index in [0.29, 0.717) is 11.1 Å². The Kier molecular flexibility index (Phi) is 5.49. The van der Waals surface area contributed by atoms with E-state index in [9.17, 15) is 24.7 Å². The van der Waals surface area contributed by atoms with Crippen LogP contribution in [0.15, 0.2) is 36.4 Å². The predicted octanol–water partition coefficient (Wildman–Crippen LogP) is 2.92. The number of halogens is 2. The van der Waals surface area contributed by atoms with Crippen LogP contribution in [0, 0.1) is 15.9 Å². The highest BCUT2D eigenvalue weighted by molar-refractivity contribution is 6.30. The Morgan fingerprint density at radius 3 is 2.70 bits per heavy atom. The van der Waals surface area contributed by atoms with Crippen LogP contribution in [0.25, 0.3) is 0 Å². The van der Waals surface area contributed by atoms with E-state index in [4.69, 9.17) is 11.6 Å². The van der Waals surface area contributed by atoms with Crippen LogP contribution in [-0.2, 0) is 6.54 Å². The highest BCUT2D eigenvalue weighted by Crippen LogP contribution is 2.23. The van der Waals surface area contributed by atoms with Gasteiger partial charge in [-0.05, 0) is 23.8 Å². The number of aromatic hydroxyl groups is 1. The first-order valence-electron chi connectivity index (χ1n) is 6.68. The molecular formula is C15H14ClFN2O4. The summed E-state index contributed by atoms with van der Waals surface area (Å²) in [5.74, 6) is -0.713. The number of rotatable bonds is 6. The number of nitrogens with zero attached hydrogens (tertiary/aromatic N) is 1. The monoisotopic (exact) mass is 340 g/mol. The van der Waals surface area contributed by atoms with Crippen molar-refractivity contribution < 1.29 is 19.5 Å². The van der Waals surface area contributed by atoms with Gasteiger partial charge in [0.1, 0.15) is 11.6 Å². The lowest BCUT2D eigenvalue weighted by Gasteiger charge is -2.13. The molecule has 0 fully saturated rings. The molecule has 0 spiro atoms. The first kappa shape index (κ1) is 17.1. The summed E-state index contributed by atoms with van der Waals surface area (Å²) in [4.78, 5) is 10.1. The lowest BCUT2D eigenvalue weighted by molar-refractivity contribution is -0.384. The first-order valence-corrected chi connectivity index (χ1v) is 7.06. The molecule has 0 heterocycles. The van der Waals surface area contributed by atoms with Crippen molar-refractivity contribution in [2.45, 2.75) is 12.6 Å². The third kappa shape index (κ3) is 4.38. The van der Waals surface area contributed by atoms with Crippen molar-refractivity contribution in [2.75, 3.05) is 6.54 Å². The molecule has 2 aromatic carbocycles. The molecule has 0 amide bonds. The summed E-state index contributed by atoms with van der Waals surface area (Å²) in [6, 6.07) is 7.67. The number of aliphatic hydroxyl groups is 1. The molecule has 0 bridgehead atoms. The normalized spacial score (nSPS) is 12.1. The Morgan fingerprint density at radius 1 is 1.30 bits per heavy atom. The maximum absolute atomic E-state index is 13.3. The molecule has 1 unspecified atom stereocenters. The Morgan fingerprint density at radius 2 is 2.04 bits per heavy atom. The molecule has 1 atom stereocenters. The van der Waals surface area contributed by atoms with Crippen LogP contribution in [0.2, 0.25) is 5.02 Å². The topological polar surface area (TPSA) is 95.6 Å². The summed E-state index contributed by atoms with van der Waals surface area (Å²) in [6.45, 7) is 0.184. The fourth-order valence-corrected chi connectivity index (χ4v) is 2.13. The van der Waals surface area contributed by atoms with Gasteiger partial charge < -0.3 is 15.5 Å². The van der Waals surface area contributed by atoms with Gasteiger partial charge in [0.05, 0.1) is 16.0 Å². The number of phenols is 1. The van der Waals surface area contributed by atoms with Crippen LogP contribution in [0.4, 0.5) is 10.1 Å². The van der Waals surface area contributed by atoms with Crippen molar-refractivity contribution in [1.29, 1.82) is 0 Å². The molecule has 2 rings (SSSR count). The highest BCUT2D eigenvalue weighted by Gasteiger charge is 2.12. The number of benzene rings is 2. The van der Waals surface area contributed by atoms with E-state index >= 15 is 0 Å². The van der Waals surface area contributed by atoms with Gasteiger partial charge in [-0.15, -0.1) is 0 Å². The third-order valence-corrected chi connectivity index (χ3v) is 3.56. The molecule has 2 aromatic rings. The van der Waals surface area contributed by atoms with Crippen molar-refractivity contribution in [2.24, 2.45) is 0 Å². The molecular weight excluding hydrogens is 327 g/mol. The number of nitro groups is 1. The number of hydrogen-bond donors (Lipinski definition) is 3. The number of nitro benzene ring substituents is 1. The summed E-state index contributed by atoms with van der Waals surface area (Å²) in [5, 5.41) is 33.2. The van der Waals surface area contributed by atoms with Gasteiger partial charge in [0.15, 0.2) is 0 Å². The van der Waals surface area contributed by atoms with E-state index in [1.807, 2.05) is 0 Å². The lowest BCUT2D eigenvalue weighted by Crippen LogP contribution is -2.21. The molecule has 0 aromatic heterocycles. The van der Waals surface area contributed by atoms with Gasteiger partial charge in [0, 0.05) is 30.8 Å². The van der Waals surface area contributed by atoms with Crippen LogP contribution >= 0.6 is 11.6 Å². The largest absolute Gasteiger partial charge is 0.508 e. The molecule has 8 heteroatoms. The predicted molar refractivity (Wildman–Crippen MR) is 82.8 cm³/mol. The van der Waals surface area contributed by atoms with Gasteiger partial charge in [-0.3, -0.25) is 10.1 Å². The summed E-state index contributed by atoms with van der Waals surface area (Å²) in [6.07, 6.45) is -0.984. The Bertz CT molecular complexity index is 727. The van der Waals surface area contributed by atoms with E-state index in [1.165, 1.54) is 30.3 Å². The van der Waals surface area contributed by atoms with Gasteiger partial charge in [-0.25, -0.2) is 4.39 Å². The molecule has 0 aliphatic carbocycles. The zero-order valence-corrected chi connectivity index (χ0v) is 12.6. The summed E-state index contributed by atoms with van der Waals surface area (Å²) in [7, 11) is 0. The smallest absolute Gasteiger partial charge is 0.270 e. The van der Waals surface area contributed by atoms with Gasteiger partial charge in [-0.1, -0.05) is 17.7 Å². The minimum Gasteiger partial charge on any atom is -0.508 e. The standard InChI is InChI=1S/C15H14ClFN2O4/c16-12-3-1-9(6-13(12)17)15(21)8-18-7-10-5-11(19(22)23)2-4-14(10)20/h1-6,15,18,20-21H,7-8H2. The van der Waals surface area contributed by atoms with E-state index < -0.39 is 16.8 Å². The number of phenolic OH excluding ortho intramolecular Hbond substituents is 1. The van der Waals surface area contributed by atoms with Crippen LogP contribution in [-0.4, -0.2) is 21.7 Å². The van der Waals surface area contributed by atoms with E-state index in [0.717, 1.165) is 6.07 Å². The van der Waals surface area contributed by atoms with E-state index in [2.05, 4.69) is 5.32 Å². The van der Waals surface area contributed by atoms with Crippen LogP contribution in [0.5, 0.6) is 5.75 Å². The second-order valence-electron chi connectivity index (χ2n) is 4.89. The molecule has 3 N–H and O–H groups in total. The third-order valence-electron chi connectivity index (χ3n) is 3.26. The molecule has 0 aliphatic rings. The average molecular weight is 341 g/mol. The maximum atomic E-state index is 13.3. The van der Waals surface area contributed by atoms with Gasteiger partial charge >= 0.3 is 0 Å². The second-order valence-corrected chi connectivity index (χ2v) is 5.30. The van der Waals surface area contributed by atoms with Gasteiger partial charge in [-0.2, -0.15) is 0 Å². The number of hydrogen-bond acceptors (Lipinski definition) is 5. The summed E-state index contributed by atoms with van der Waals surface area (Å²) in [5.41, 5.74) is 0.538. The molecule has 0 saturated carbocycles. The Hall–Kier alpha value is -2.22. The summed E-state index contributed by atoms with van der Waals surface area (Å²) >= 11 is 5.57. The average Bonchev–Trinajstić information content (AvgIpc) is 2.51. The lowest BCUT2D eigenvalue weighted by atomic mass is 10.1. The van der Waals surface area contributed by atoms with Crippen LogP contribution < -0.4 is 5.32 Å². The SMILES string of the molecule is O=[N+]([O-])c1ccc(O)c(CNCC(O)c2ccc(Cl)c(F)c2)c1. The molecule has 23 heavy (non-hydrogen) atoms. The fraction of sp³-hybridized carbons (Fsp3) is 0.200. The molecule has 122 valence electrons. The Balaban J connectivity index is 1.97. The minimum atomic E-state index is -0.984. The number of nitrogens with one attached hydrogen (secondary N) is 1. The summed E-state index contributed by atoms with van der Waals surface area (Å²) < 4.78 is 13.3. The Labute approximate surface area is 136 Å². The van der Waals surface area contributed by atoms with Crippen LogP contribution in [0.1, 0.15) is 17.2 Å². The highest BCUT2D eigenvalue weighted by atomic mass is 35.5. The van der Waals surface area contributed by atoms with E-state index in [1.54, 1.807) is 0 Å². The van der Waals surface area contributed by atoms with Gasteiger partial charge in [0.2, 0.25) is 0 Å². The maximum Gasteiger partial charge on any atom is 0.270 e. The minimum absolute atomic E-state index is 0.0320. The zero-order chi connectivity index (χ0) is 17.0. The van der Waals surface area contributed by atoms with Crippen molar-refractivity contribution in [3.63, 3.8) is 0 Å². The van der Waals surface area contributed by atoms with Crippen molar-refractivity contribution >= 4 is 17.3 Å². The number of aliphatic hydroxyl groups excluding tert-OH is 1. The molecule has 6 nitrogen and oxygen atoms in total. The second kappa shape index (κ2) is 7.36.